The number of aromatic hydroxyl groups is 1. The highest BCUT2D eigenvalue weighted by molar-refractivity contribution is 6.58. The van der Waals surface area contributed by atoms with Gasteiger partial charge in [0.05, 0.1) is 41.6 Å². The number of carbonyl (C=O) groups is 4. The van der Waals surface area contributed by atoms with Crippen molar-refractivity contribution in [3.05, 3.63) is 90.8 Å². The van der Waals surface area contributed by atoms with Gasteiger partial charge in [-0.15, -0.1) is 23.2 Å². The number of benzene rings is 3. The van der Waals surface area contributed by atoms with Crippen LogP contribution in [-0.2, 0) is 19.2 Å². The lowest BCUT2D eigenvalue weighted by Gasteiger charge is -2.51. The van der Waals surface area contributed by atoms with E-state index in [2.05, 4.69) is 0 Å². The minimum atomic E-state index is -2.98. The third-order valence-corrected chi connectivity index (χ3v) is 12.6. The minimum Gasteiger partial charge on any atom is -0.508 e. The molecule has 1 N–H and O–H groups in total. The highest BCUT2D eigenvalue weighted by Crippen LogP contribution is 2.68. The lowest BCUT2D eigenvalue weighted by molar-refractivity contribution is -0.392. The number of nitro benzene ring substituents is 2. The molecule has 0 spiro atoms. The van der Waals surface area contributed by atoms with Gasteiger partial charge in [-0.1, -0.05) is 11.6 Å². The van der Waals surface area contributed by atoms with E-state index in [1.54, 1.807) is 0 Å². The SMILES string of the molecule is COc1cc(O)cc(OC)c1C1C2=CCC3C(=O)N(c4cc([N+](=O)[O-])c(N(C)C)c([N+](=O)[O-])c4)C(=O)C3C2CC2(Cl)C(=O)N(c3c(F)c(F)c(F)c(F)c3F)C(=O)C12Cl. The van der Waals surface area contributed by atoms with Gasteiger partial charge in [0.2, 0.25) is 17.6 Å². The molecule has 2 aliphatic heterocycles. The van der Waals surface area contributed by atoms with Crippen molar-refractivity contribution < 1.29 is 65.6 Å². The maximum atomic E-state index is 15.4. The predicted molar refractivity (Wildman–Crippen MR) is 194 cm³/mol. The molecule has 23 heteroatoms. The number of nitro groups is 2. The Hall–Kier alpha value is -6.09. The molecule has 4 amide bonds. The smallest absolute Gasteiger partial charge is 0.301 e. The van der Waals surface area contributed by atoms with Crippen LogP contribution in [0.2, 0.25) is 0 Å². The maximum absolute atomic E-state index is 15.4. The molecule has 0 aromatic heterocycles. The molecule has 2 heterocycles. The van der Waals surface area contributed by atoms with Crippen LogP contribution in [0.3, 0.4) is 0 Å². The second-order valence-electron chi connectivity index (χ2n) is 14.2. The Bertz CT molecular complexity index is 2440. The molecule has 7 rings (SSSR count). The quantitative estimate of drug-likeness (QED) is 0.0420. The van der Waals surface area contributed by atoms with Gasteiger partial charge in [0.25, 0.3) is 11.8 Å². The molecule has 310 valence electrons. The Balaban J connectivity index is 1.47. The number of phenolic OH excluding ortho intramolecular Hbond substituents is 1. The first kappa shape index (κ1) is 41.1. The number of hydrogen-bond donors (Lipinski definition) is 1. The standard InChI is InChI=1S/C36H26Cl2F5N5O11/c1-44(2)29-17(47(54)55)7-12(8-18(29)48(56)57)45-31(50)15-6-5-14-16(21(15)32(45)51)11-35(37)33(52)46(30-27(42)25(40)24(39)26(41)28(30)43)34(53)36(35,38)23(14)22-19(58-3)9-13(49)10-20(22)59-4/h5,7-10,15-16,21,23,49H,6,11H2,1-4H3. The van der Waals surface area contributed by atoms with E-state index in [1.807, 2.05) is 0 Å². The topological polar surface area (TPSA) is 203 Å². The number of phenols is 1. The molecule has 2 saturated heterocycles. The van der Waals surface area contributed by atoms with E-state index in [-0.39, 0.29) is 34.0 Å². The van der Waals surface area contributed by atoms with E-state index in [0.29, 0.717) is 4.90 Å². The summed E-state index contributed by atoms with van der Waals surface area (Å²) in [6.07, 6.45) is 0.104. The fourth-order valence-electron chi connectivity index (χ4n) is 8.80. The molecule has 16 nitrogen and oxygen atoms in total. The van der Waals surface area contributed by atoms with Crippen LogP contribution in [0.5, 0.6) is 17.2 Å². The van der Waals surface area contributed by atoms with Crippen molar-refractivity contribution in [3.8, 4) is 17.2 Å². The first-order valence-corrected chi connectivity index (χ1v) is 17.8. The molecular formula is C36H26Cl2F5N5O11. The number of hydrogen-bond acceptors (Lipinski definition) is 12. The second kappa shape index (κ2) is 13.8. The molecule has 1 saturated carbocycles. The number of nitrogens with zero attached hydrogens (tertiary/aromatic N) is 5. The van der Waals surface area contributed by atoms with Crippen molar-refractivity contribution in [2.45, 2.75) is 28.5 Å². The van der Waals surface area contributed by atoms with E-state index >= 15 is 8.78 Å². The van der Waals surface area contributed by atoms with E-state index in [1.165, 1.54) is 20.2 Å². The number of ether oxygens (including phenoxy) is 2. The molecule has 6 atom stereocenters. The van der Waals surface area contributed by atoms with Gasteiger partial charge in [-0.25, -0.2) is 31.8 Å². The first-order valence-electron chi connectivity index (χ1n) is 17.1. The van der Waals surface area contributed by atoms with Crippen molar-refractivity contribution >= 4 is 75.3 Å². The van der Waals surface area contributed by atoms with Crippen LogP contribution in [0.25, 0.3) is 0 Å². The summed E-state index contributed by atoms with van der Waals surface area (Å²) in [5.41, 5.74) is -4.98. The number of fused-ring (bicyclic) bond motifs is 4. The van der Waals surface area contributed by atoms with Gasteiger partial charge < -0.3 is 19.5 Å². The molecule has 6 unspecified atom stereocenters. The van der Waals surface area contributed by atoms with Gasteiger partial charge in [0, 0.05) is 49.8 Å². The average molecular weight is 871 g/mol. The highest BCUT2D eigenvalue weighted by atomic mass is 35.5. The van der Waals surface area contributed by atoms with Crippen molar-refractivity contribution in [1.82, 2.24) is 0 Å². The number of methoxy groups -OCH3 is 2. The molecule has 4 aliphatic rings. The van der Waals surface area contributed by atoms with Gasteiger partial charge in [-0.05, 0) is 18.8 Å². The second-order valence-corrected chi connectivity index (χ2v) is 15.5. The highest BCUT2D eigenvalue weighted by Gasteiger charge is 2.77. The van der Waals surface area contributed by atoms with Crippen LogP contribution in [0.15, 0.2) is 35.9 Å². The minimum absolute atomic E-state index is 0.0249. The number of allylic oxidation sites excluding steroid dienone is 2. The molecule has 0 radical (unpaired) electrons. The number of halogens is 7. The van der Waals surface area contributed by atoms with Gasteiger partial charge in [-0.3, -0.25) is 39.4 Å². The Morgan fingerprint density at radius 1 is 0.797 bits per heavy atom. The summed E-state index contributed by atoms with van der Waals surface area (Å²) in [6, 6.07) is 3.62. The summed E-state index contributed by atoms with van der Waals surface area (Å²) in [5, 5.41) is 34.8. The van der Waals surface area contributed by atoms with Gasteiger partial charge in [-0.2, -0.15) is 0 Å². The average Bonchev–Trinajstić information content (AvgIpc) is 3.53. The summed E-state index contributed by atoms with van der Waals surface area (Å²) in [4.78, 5) is 75.6. The number of anilines is 3. The number of alkyl halides is 2. The number of amides is 4. The number of rotatable bonds is 8. The van der Waals surface area contributed by atoms with Gasteiger partial charge >= 0.3 is 11.4 Å². The fraction of sp³-hybridized carbons (Fsp3) is 0.333. The number of imide groups is 2. The lowest BCUT2D eigenvalue weighted by atomic mass is 9.56. The van der Waals surface area contributed by atoms with Crippen LogP contribution in [0.1, 0.15) is 24.3 Å². The van der Waals surface area contributed by atoms with E-state index < -0.39 is 137 Å². The summed E-state index contributed by atoms with van der Waals surface area (Å²) >= 11 is 14.4. The lowest BCUT2D eigenvalue weighted by Crippen LogP contribution is -2.60. The normalized spacial score (nSPS) is 26.1. The molecule has 3 fully saturated rings. The molecule has 0 bridgehead atoms. The van der Waals surface area contributed by atoms with Crippen molar-refractivity contribution in [3.63, 3.8) is 0 Å². The monoisotopic (exact) mass is 869 g/mol. The Labute approximate surface area is 337 Å². The van der Waals surface area contributed by atoms with Crippen LogP contribution >= 0.6 is 23.2 Å². The van der Waals surface area contributed by atoms with Crippen molar-refractivity contribution in [1.29, 1.82) is 0 Å². The molecule has 3 aromatic carbocycles. The predicted octanol–water partition coefficient (Wildman–Crippen LogP) is 5.76. The largest absolute Gasteiger partial charge is 0.508 e. The van der Waals surface area contributed by atoms with E-state index in [0.717, 1.165) is 43.4 Å². The molecule has 2 aliphatic carbocycles. The summed E-state index contributed by atoms with van der Waals surface area (Å²) < 4.78 is 85.2. The van der Waals surface area contributed by atoms with Crippen molar-refractivity contribution in [2.24, 2.45) is 17.8 Å². The van der Waals surface area contributed by atoms with Crippen LogP contribution < -0.4 is 24.2 Å². The van der Waals surface area contributed by atoms with Crippen LogP contribution in [0, 0.1) is 67.1 Å². The Kier molecular flexibility index (Phi) is 9.58. The Morgan fingerprint density at radius 3 is 1.78 bits per heavy atom. The molecule has 3 aromatic rings. The fourth-order valence-corrected chi connectivity index (χ4v) is 9.72. The molecule has 59 heavy (non-hydrogen) atoms. The third kappa shape index (κ3) is 5.39. The molecular weight excluding hydrogens is 844 g/mol. The van der Waals surface area contributed by atoms with E-state index in [9.17, 15) is 57.7 Å². The first-order chi connectivity index (χ1) is 27.6. The maximum Gasteiger partial charge on any atom is 0.301 e. The summed E-state index contributed by atoms with van der Waals surface area (Å²) in [6.45, 7) is 0. The van der Waals surface area contributed by atoms with Crippen LogP contribution in [-0.4, -0.2) is 76.6 Å². The van der Waals surface area contributed by atoms with Gasteiger partial charge in [0.15, 0.2) is 38.7 Å². The number of carbonyl (C=O) groups excluding carboxylic acids is 4. The zero-order valence-electron chi connectivity index (χ0n) is 30.5. The van der Waals surface area contributed by atoms with E-state index in [4.69, 9.17) is 32.7 Å². The van der Waals surface area contributed by atoms with Gasteiger partial charge in [0.1, 0.15) is 22.9 Å². The van der Waals surface area contributed by atoms with Crippen LogP contribution in [0.4, 0.5) is 50.4 Å². The zero-order chi connectivity index (χ0) is 43.5. The summed E-state index contributed by atoms with van der Waals surface area (Å²) in [5.74, 6) is -25.8. The van der Waals surface area contributed by atoms with Crippen molar-refractivity contribution in [2.75, 3.05) is 43.0 Å². The third-order valence-electron chi connectivity index (χ3n) is 11.2. The Morgan fingerprint density at radius 2 is 1.31 bits per heavy atom. The summed E-state index contributed by atoms with van der Waals surface area (Å²) in [7, 11) is 4.80. The zero-order valence-corrected chi connectivity index (χ0v) is 32.0.